The molecule has 5 heteroatoms. The minimum absolute atomic E-state index is 0.271. The largest absolute Gasteiger partial charge is 0.444 e. The monoisotopic (exact) mass is 370 g/mol. The molecular weight excluding hydrogens is 344 g/mol. The first kappa shape index (κ1) is 19.0. The Morgan fingerprint density at radius 3 is 2.68 bits per heavy atom. The first-order valence-electron chi connectivity index (χ1n) is 7.62. The van der Waals surface area contributed by atoms with E-state index in [4.69, 9.17) is 4.74 Å². The van der Waals surface area contributed by atoms with Crippen LogP contribution in [-0.4, -0.2) is 36.7 Å². The van der Waals surface area contributed by atoms with Gasteiger partial charge in [0, 0.05) is 24.1 Å². The molecule has 0 aliphatic rings. The fourth-order valence-electron chi connectivity index (χ4n) is 1.96. The molecule has 1 aromatic carbocycles. The number of rotatable bonds is 6. The van der Waals surface area contributed by atoms with Crippen molar-refractivity contribution >= 4 is 22.0 Å². The molecule has 0 bridgehead atoms. The first-order valence-corrected chi connectivity index (χ1v) is 8.41. The Balaban J connectivity index is 2.28. The van der Waals surface area contributed by atoms with Gasteiger partial charge in [-0.3, -0.25) is 0 Å². The Morgan fingerprint density at radius 1 is 1.41 bits per heavy atom. The van der Waals surface area contributed by atoms with Crippen LogP contribution in [0.25, 0.3) is 0 Å². The summed E-state index contributed by atoms with van der Waals surface area (Å²) in [6.07, 6.45) is 0.612. The Labute approximate surface area is 142 Å². The van der Waals surface area contributed by atoms with Gasteiger partial charge in [0.25, 0.3) is 0 Å². The maximum Gasteiger partial charge on any atom is 0.410 e. The molecule has 0 fully saturated rings. The predicted octanol–water partition coefficient (Wildman–Crippen LogP) is 4.36. The fourth-order valence-corrected chi connectivity index (χ4v) is 2.38. The van der Waals surface area contributed by atoms with Crippen molar-refractivity contribution in [3.05, 3.63) is 34.3 Å². The van der Waals surface area contributed by atoms with E-state index in [9.17, 15) is 4.79 Å². The van der Waals surface area contributed by atoms with Gasteiger partial charge in [-0.2, -0.15) is 0 Å². The molecule has 124 valence electrons. The van der Waals surface area contributed by atoms with Crippen LogP contribution >= 0.6 is 15.9 Å². The van der Waals surface area contributed by atoms with Crippen LogP contribution in [0.3, 0.4) is 0 Å². The van der Waals surface area contributed by atoms with Crippen molar-refractivity contribution in [1.29, 1.82) is 0 Å². The zero-order valence-corrected chi connectivity index (χ0v) is 15.7. The Kier molecular flexibility index (Phi) is 7.36. The average molecular weight is 371 g/mol. The van der Waals surface area contributed by atoms with Crippen LogP contribution < -0.4 is 5.32 Å². The second-order valence-electron chi connectivity index (χ2n) is 6.49. The SMILES string of the molecule is CC(NCCCN(C)C(=O)OC(C)(C)C)c1cccc(Br)c1. The molecular formula is C17H27BrN2O2. The van der Waals surface area contributed by atoms with Gasteiger partial charge in [-0.25, -0.2) is 4.79 Å². The maximum atomic E-state index is 11.8. The summed E-state index contributed by atoms with van der Waals surface area (Å²) in [6.45, 7) is 9.28. The van der Waals surface area contributed by atoms with Crippen LogP contribution in [0.5, 0.6) is 0 Å². The molecule has 1 unspecified atom stereocenters. The molecule has 0 heterocycles. The summed E-state index contributed by atoms with van der Waals surface area (Å²) >= 11 is 3.49. The number of carbonyl (C=O) groups is 1. The Morgan fingerprint density at radius 2 is 2.09 bits per heavy atom. The van der Waals surface area contributed by atoms with Gasteiger partial charge >= 0.3 is 6.09 Å². The van der Waals surface area contributed by atoms with Crippen LogP contribution in [0.4, 0.5) is 4.79 Å². The van der Waals surface area contributed by atoms with Gasteiger partial charge in [0.2, 0.25) is 0 Å². The highest BCUT2D eigenvalue weighted by Crippen LogP contribution is 2.17. The van der Waals surface area contributed by atoms with E-state index in [-0.39, 0.29) is 12.1 Å². The number of nitrogens with zero attached hydrogens (tertiary/aromatic N) is 1. The molecule has 0 saturated heterocycles. The lowest BCUT2D eigenvalue weighted by Crippen LogP contribution is -2.35. The second kappa shape index (κ2) is 8.53. The van der Waals surface area contributed by atoms with Crippen molar-refractivity contribution in [3.8, 4) is 0 Å². The lowest BCUT2D eigenvalue weighted by atomic mass is 10.1. The molecule has 0 saturated carbocycles. The third-order valence-corrected chi connectivity index (χ3v) is 3.67. The lowest BCUT2D eigenvalue weighted by molar-refractivity contribution is 0.0297. The number of ether oxygens (including phenoxy) is 1. The molecule has 22 heavy (non-hydrogen) atoms. The summed E-state index contributed by atoms with van der Waals surface area (Å²) in [6, 6.07) is 8.56. The smallest absolute Gasteiger partial charge is 0.410 e. The van der Waals surface area contributed by atoms with Crippen LogP contribution in [0.2, 0.25) is 0 Å². The van der Waals surface area contributed by atoms with Gasteiger partial charge in [0.1, 0.15) is 5.60 Å². The highest BCUT2D eigenvalue weighted by Gasteiger charge is 2.19. The number of halogens is 1. The van der Waals surface area contributed by atoms with Crippen molar-refractivity contribution in [1.82, 2.24) is 10.2 Å². The van der Waals surface area contributed by atoms with Crippen molar-refractivity contribution in [2.45, 2.75) is 45.8 Å². The molecule has 0 aliphatic heterocycles. The zero-order chi connectivity index (χ0) is 16.8. The highest BCUT2D eigenvalue weighted by molar-refractivity contribution is 9.10. The highest BCUT2D eigenvalue weighted by atomic mass is 79.9. The van der Waals surface area contributed by atoms with E-state index < -0.39 is 5.60 Å². The van der Waals surface area contributed by atoms with Crippen molar-refractivity contribution in [2.24, 2.45) is 0 Å². The van der Waals surface area contributed by atoms with E-state index in [0.29, 0.717) is 6.54 Å². The lowest BCUT2D eigenvalue weighted by Gasteiger charge is -2.24. The Hall–Kier alpha value is -1.07. The van der Waals surface area contributed by atoms with Gasteiger partial charge in [0.15, 0.2) is 0 Å². The van der Waals surface area contributed by atoms with Crippen LogP contribution in [0, 0.1) is 0 Å². The van der Waals surface area contributed by atoms with Crippen LogP contribution in [0.15, 0.2) is 28.7 Å². The zero-order valence-electron chi connectivity index (χ0n) is 14.1. The molecule has 0 aromatic heterocycles. The molecule has 0 aliphatic carbocycles. The number of carbonyl (C=O) groups excluding carboxylic acids is 1. The second-order valence-corrected chi connectivity index (χ2v) is 7.40. The predicted molar refractivity (Wildman–Crippen MR) is 94.0 cm³/mol. The van der Waals surface area contributed by atoms with E-state index >= 15 is 0 Å². The molecule has 1 N–H and O–H groups in total. The van der Waals surface area contributed by atoms with Gasteiger partial charge in [-0.1, -0.05) is 28.1 Å². The topological polar surface area (TPSA) is 41.6 Å². The number of nitrogens with one attached hydrogen (secondary N) is 1. The van der Waals surface area contributed by atoms with Gasteiger partial charge in [-0.15, -0.1) is 0 Å². The number of hydrogen-bond donors (Lipinski definition) is 1. The summed E-state index contributed by atoms with van der Waals surface area (Å²) in [7, 11) is 1.77. The molecule has 1 atom stereocenters. The van der Waals surface area contributed by atoms with Crippen molar-refractivity contribution in [3.63, 3.8) is 0 Å². The quantitative estimate of drug-likeness (QED) is 0.756. The van der Waals surface area contributed by atoms with E-state index in [1.807, 2.05) is 32.9 Å². The minimum Gasteiger partial charge on any atom is -0.444 e. The number of hydrogen-bond acceptors (Lipinski definition) is 3. The molecule has 1 rings (SSSR count). The van der Waals surface area contributed by atoms with Crippen LogP contribution in [0.1, 0.15) is 45.7 Å². The number of amides is 1. The first-order chi connectivity index (χ1) is 10.2. The third kappa shape index (κ3) is 7.27. The molecule has 0 radical (unpaired) electrons. The third-order valence-electron chi connectivity index (χ3n) is 3.17. The molecule has 0 spiro atoms. The van der Waals surface area contributed by atoms with E-state index in [0.717, 1.165) is 17.4 Å². The summed E-state index contributed by atoms with van der Waals surface area (Å²) < 4.78 is 6.41. The van der Waals surface area contributed by atoms with E-state index in [1.54, 1.807) is 11.9 Å². The normalized spacial score (nSPS) is 12.8. The standard InChI is InChI=1S/C17H27BrN2O2/c1-13(14-8-6-9-15(18)12-14)19-10-7-11-20(5)16(21)22-17(2,3)4/h6,8-9,12-13,19H,7,10-11H2,1-5H3. The van der Waals surface area contributed by atoms with Crippen molar-refractivity contribution in [2.75, 3.05) is 20.1 Å². The van der Waals surface area contributed by atoms with Gasteiger partial charge in [0.05, 0.1) is 0 Å². The average Bonchev–Trinajstić information content (AvgIpc) is 2.41. The molecule has 1 aromatic rings. The maximum absolute atomic E-state index is 11.8. The Bertz CT molecular complexity index is 486. The van der Waals surface area contributed by atoms with Crippen LogP contribution in [-0.2, 0) is 4.74 Å². The fraction of sp³-hybridized carbons (Fsp3) is 0.588. The van der Waals surface area contributed by atoms with Gasteiger partial charge in [-0.05, 0) is 58.4 Å². The molecule has 1 amide bonds. The van der Waals surface area contributed by atoms with E-state index in [2.05, 4.69) is 40.3 Å². The van der Waals surface area contributed by atoms with Crippen molar-refractivity contribution < 1.29 is 9.53 Å². The summed E-state index contributed by atoms with van der Waals surface area (Å²) in [4.78, 5) is 13.4. The van der Waals surface area contributed by atoms with Gasteiger partial charge < -0.3 is 15.0 Å². The minimum atomic E-state index is -0.446. The summed E-state index contributed by atoms with van der Waals surface area (Å²) in [5.74, 6) is 0. The summed E-state index contributed by atoms with van der Waals surface area (Å²) in [5.41, 5.74) is 0.800. The molecule has 4 nitrogen and oxygen atoms in total. The number of benzene rings is 1. The van der Waals surface area contributed by atoms with E-state index in [1.165, 1.54) is 5.56 Å². The summed E-state index contributed by atoms with van der Waals surface area (Å²) in [5, 5.41) is 3.47.